The van der Waals surface area contributed by atoms with Crippen LogP contribution in [-0.2, 0) is 0 Å². The van der Waals surface area contributed by atoms with E-state index >= 15 is 0 Å². The van der Waals surface area contributed by atoms with Gasteiger partial charge in [0.1, 0.15) is 0 Å². The molecule has 2 heterocycles. The van der Waals surface area contributed by atoms with E-state index in [2.05, 4.69) is 63.6 Å². The van der Waals surface area contributed by atoms with Crippen molar-refractivity contribution in [1.82, 2.24) is 15.1 Å². The fourth-order valence-corrected chi connectivity index (χ4v) is 3.70. The molecular weight excluding hydrogens is 296 g/mol. The highest BCUT2D eigenvalue weighted by Gasteiger charge is 2.21. The summed E-state index contributed by atoms with van der Waals surface area (Å²) in [6, 6.07) is 10.6. The number of piperidine rings is 1. The van der Waals surface area contributed by atoms with E-state index in [0.29, 0.717) is 0 Å². The number of likely N-dealkylation sites (tertiary alicyclic amines) is 2. The Bertz CT molecular complexity index is 569. The summed E-state index contributed by atoms with van der Waals surface area (Å²) in [6.07, 6.45) is 5.90. The summed E-state index contributed by atoms with van der Waals surface area (Å²) in [7, 11) is 4.11. The smallest absolute Gasteiger partial charge is 0.193 e. The first-order valence-corrected chi connectivity index (χ1v) is 9.13. The lowest BCUT2D eigenvalue weighted by Crippen LogP contribution is -2.46. The quantitative estimate of drug-likeness (QED) is 0.684. The van der Waals surface area contributed by atoms with Crippen molar-refractivity contribution in [3.8, 4) is 0 Å². The van der Waals surface area contributed by atoms with Crippen molar-refractivity contribution in [3.05, 3.63) is 41.5 Å². The van der Waals surface area contributed by atoms with Crippen LogP contribution in [0.15, 0.2) is 40.9 Å². The van der Waals surface area contributed by atoms with Gasteiger partial charge in [0.15, 0.2) is 5.96 Å². The normalized spacial score (nSPS) is 22.8. The molecule has 0 aromatic heterocycles. The zero-order valence-corrected chi connectivity index (χ0v) is 15.0. The Hall–Kier alpha value is -1.81. The lowest BCUT2D eigenvalue weighted by molar-refractivity contribution is 0.365. The molecule has 0 saturated carbocycles. The Morgan fingerprint density at radius 1 is 1.21 bits per heavy atom. The molecule has 130 valence electrons. The van der Waals surface area contributed by atoms with Crippen molar-refractivity contribution in [2.45, 2.75) is 19.3 Å². The minimum absolute atomic E-state index is 0.755. The van der Waals surface area contributed by atoms with Gasteiger partial charge in [-0.15, -0.1) is 0 Å². The summed E-state index contributed by atoms with van der Waals surface area (Å²) in [5, 5.41) is 3.60. The van der Waals surface area contributed by atoms with Gasteiger partial charge in [0, 0.05) is 33.2 Å². The largest absolute Gasteiger partial charge is 0.356 e. The molecule has 0 radical (unpaired) electrons. The molecule has 24 heavy (non-hydrogen) atoms. The number of benzene rings is 1. The molecule has 3 rings (SSSR count). The van der Waals surface area contributed by atoms with Crippen LogP contribution in [0.25, 0.3) is 6.08 Å². The van der Waals surface area contributed by atoms with Gasteiger partial charge >= 0.3 is 0 Å². The average Bonchev–Trinajstić information content (AvgIpc) is 3.03. The van der Waals surface area contributed by atoms with Crippen molar-refractivity contribution >= 4 is 12.0 Å². The molecule has 1 aromatic carbocycles. The highest BCUT2D eigenvalue weighted by molar-refractivity contribution is 5.80. The monoisotopic (exact) mass is 326 g/mol. The van der Waals surface area contributed by atoms with Gasteiger partial charge in [-0.05, 0) is 44.3 Å². The van der Waals surface area contributed by atoms with Crippen LogP contribution in [0, 0.1) is 5.92 Å². The summed E-state index contributed by atoms with van der Waals surface area (Å²) in [6.45, 7) is 5.59. The van der Waals surface area contributed by atoms with Crippen molar-refractivity contribution in [1.29, 1.82) is 0 Å². The lowest BCUT2D eigenvalue weighted by Gasteiger charge is -2.32. The maximum Gasteiger partial charge on any atom is 0.193 e. The third kappa shape index (κ3) is 4.60. The maximum atomic E-state index is 4.50. The SMILES string of the molecule is CN=C(NCC1CCN(C)C1)N1CCC(=Cc2ccccc2)CC1. The number of nitrogens with one attached hydrogen (secondary N) is 1. The minimum Gasteiger partial charge on any atom is -0.356 e. The number of rotatable bonds is 3. The highest BCUT2D eigenvalue weighted by Crippen LogP contribution is 2.20. The van der Waals surface area contributed by atoms with E-state index in [4.69, 9.17) is 0 Å². The summed E-state index contributed by atoms with van der Waals surface area (Å²) in [4.78, 5) is 9.32. The van der Waals surface area contributed by atoms with Gasteiger partial charge in [-0.3, -0.25) is 4.99 Å². The standard InChI is InChI=1S/C20H30N4/c1-21-20(22-15-19-8-11-23(2)16-19)24-12-9-18(10-13-24)14-17-6-4-3-5-7-17/h3-7,14,19H,8-13,15-16H2,1-2H3,(H,21,22). The third-order valence-electron chi connectivity index (χ3n) is 5.13. The van der Waals surface area contributed by atoms with Crippen molar-refractivity contribution in [2.75, 3.05) is 46.8 Å². The van der Waals surface area contributed by atoms with Crippen molar-refractivity contribution in [3.63, 3.8) is 0 Å². The van der Waals surface area contributed by atoms with Crippen LogP contribution >= 0.6 is 0 Å². The van der Waals surface area contributed by atoms with Crippen LogP contribution in [0.5, 0.6) is 0 Å². The van der Waals surface area contributed by atoms with Crippen LogP contribution in [0.3, 0.4) is 0 Å². The Kier molecular flexibility index (Phi) is 5.91. The molecule has 1 atom stereocenters. The first-order valence-electron chi connectivity index (χ1n) is 9.13. The fraction of sp³-hybridized carbons (Fsp3) is 0.550. The zero-order chi connectivity index (χ0) is 16.8. The zero-order valence-electron chi connectivity index (χ0n) is 15.0. The molecule has 0 aliphatic carbocycles. The van der Waals surface area contributed by atoms with Crippen LogP contribution in [-0.4, -0.2) is 62.6 Å². The Morgan fingerprint density at radius 3 is 2.58 bits per heavy atom. The number of hydrogen-bond acceptors (Lipinski definition) is 2. The summed E-state index contributed by atoms with van der Waals surface area (Å²) >= 11 is 0. The highest BCUT2D eigenvalue weighted by atomic mass is 15.3. The van der Waals surface area contributed by atoms with Gasteiger partial charge in [0.25, 0.3) is 0 Å². The topological polar surface area (TPSA) is 30.9 Å². The molecule has 0 amide bonds. The first kappa shape index (κ1) is 17.0. The van der Waals surface area contributed by atoms with Gasteiger partial charge in [-0.1, -0.05) is 42.0 Å². The number of hydrogen-bond donors (Lipinski definition) is 1. The van der Waals surface area contributed by atoms with E-state index in [1.165, 1.54) is 25.1 Å². The molecule has 2 fully saturated rings. The summed E-state index contributed by atoms with van der Waals surface area (Å²) < 4.78 is 0. The second kappa shape index (κ2) is 8.34. The summed E-state index contributed by atoms with van der Waals surface area (Å²) in [5.74, 6) is 1.83. The van der Waals surface area contributed by atoms with Gasteiger partial charge < -0.3 is 15.1 Å². The fourth-order valence-electron chi connectivity index (χ4n) is 3.70. The minimum atomic E-state index is 0.755. The number of nitrogens with zero attached hydrogens (tertiary/aromatic N) is 3. The van der Waals surface area contributed by atoms with Gasteiger partial charge in [-0.2, -0.15) is 0 Å². The molecule has 0 spiro atoms. The Balaban J connectivity index is 1.48. The Labute approximate surface area is 146 Å². The number of aliphatic imine (C=N–C) groups is 1. The molecule has 4 nitrogen and oxygen atoms in total. The average molecular weight is 326 g/mol. The van der Waals surface area contributed by atoms with E-state index in [1.54, 1.807) is 5.57 Å². The first-order chi connectivity index (χ1) is 11.7. The molecule has 0 bridgehead atoms. The van der Waals surface area contributed by atoms with Crippen LogP contribution in [0.4, 0.5) is 0 Å². The maximum absolute atomic E-state index is 4.50. The van der Waals surface area contributed by atoms with Crippen LogP contribution < -0.4 is 5.32 Å². The van der Waals surface area contributed by atoms with E-state index in [-0.39, 0.29) is 0 Å². The molecule has 4 heteroatoms. The molecule has 1 aromatic rings. The van der Waals surface area contributed by atoms with Crippen molar-refractivity contribution in [2.24, 2.45) is 10.9 Å². The third-order valence-corrected chi connectivity index (χ3v) is 5.13. The second-order valence-electron chi connectivity index (χ2n) is 7.05. The molecular formula is C20H30N4. The van der Waals surface area contributed by atoms with Crippen LogP contribution in [0.2, 0.25) is 0 Å². The van der Waals surface area contributed by atoms with E-state index in [0.717, 1.165) is 44.4 Å². The molecule has 2 saturated heterocycles. The summed E-state index contributed by atoms with van der Waals surface area (Å²) in [5.41, 5.74) is 2.86. The Morgan fingerprint density at radius 2 is 1.96 bits per heavy atom. The second-order valence-corrected chi connectivity index (χ2v) is 7.05. The van der Waals surface area contributed by atoms with Crippen LogP contribution in [0.1, 0.15) is 24.8 Å². The molecule has 2 aliphatic heterocycles. The molecule has 1 unspecified atom stereocenters. The predicted octanol–water partition coefficient (Wildman–Crippen LogP) is 2.69. The van der Waals surface area contributed by atoms with Gasteiger partial charge in [-0.25, -0.2) is 0 Å². The van der Waals surface area contributed by atoms with Gasteiger partial charge in [0.2, 0.25) is 0 Å². The van der Waals surface area contributed by atoms with E-state index in [9.17, 15) is 0 Å². The molecule has 2 aliphatic rings. The predicted molar refractivity (Wildman–Crippen MR) is 102 cm³/mol. The van der Waals surface area contributed by atoms with E-state index in [1.807, 2.05) is 7.05 Å². The van der Waals surface area contributed by atoms with E-state index < -0.39 is 0 Å². The lowest BCUT2D eigenvalue weighted by atomic mass is 10.0. The van der Waals surface area contributed by atoms with Crippen molar-refractivity contribution < 1.29 is 0 Å². The number of guanidine groups is 1. The molecule has 1 N–H and O–H groups in total. The van der Waals surface area contributed by atoms with Gasteiger partial charge in [0.05, 0.1) is 0 Å².